The summed E-state index contributed by atoms with van der Waals surface area (Å²) in [5.41, 5.74) is 4.26. The summed E-state index contributed by atoms with van der Waals surface area (Å²) in [6.45, 7) is 3.21. The van der Waals surface area contributed by atoms with E-state index >= 15 is 0 Å². The van der Waals surface area contributed by atoms with Crippen LogP contribution in [0.5, 0.6) is 0 Å². The van der Waals surface area contributed by atoms with Gasteiger partial charge in [-0.2, -0.15) is 0 Å². The number of likely N-dealkylation sites (tertiary alicyclic amines) is 1. The number of piperidine rings is 1. The number of benzene rings is 4. The van der Waals surface area contributed by atoms with Gasteiger partial charge in [-0.25, -0.2) is 0 Å². The number of anilines is 1. The Morgan fingerprint density at radius 1 is 0.614 bits per heavy atom. The van der Waals surface area contributed by atoms with Crippen molar-refractivity contribution in [1.82, 2.24) is 9.80 Å². The molecule has 1 saturated heterocycles. The zero-order chi connectivity index (χ0) is 29.4. The summed E-state index contributed by atoms with van der Waals surface area (Å²) in [7, 11) is 0. The number of para-hydroxylation sites is 1. The molecule has 0 radical (unpaired) electrons. The van der Waals surface area contributed by atoms with Crippen LogP contribution >= 0.6 is 12.4 Å². The molecule has 3 aliphatic heterocycles. The summed E-state index contributed by atoms with van der Waals surface area (Å²) in [4.78, 5) is 46.4. The highest BCUT2D eigenvalue weighted by Crippen LogP contribution is 2.48. The van der Waals surface area contributed by atoms with Crippen molar-refractivity contribution in [3.63, 3.8) is 0 Å². The average Bonchev–Trinajstić information content (AvgIpc) is 3.46. The molecule has 0 aromatic heterocycles. The summed E-state index contributed by atoms with van der Waals surface area (Å²) in [5, 5.41) is 0. The highest BCUT2D eigenvalue weighted by molar-refractivity contribution is 6.21. The Bertz CT molecular complexity index is 1630. The van der Waals surface area contributed by atoms with Gasteiger partial charge < -0.3 is 9.80 Å². The molecule has 0 bridgehead atoms. The molecule has 1 unspecified atom stereocenters. The number of hydrogen-bond acceptors (Lipinski definition) is 4. The van der Waals surface area contributed by atoms with Crippen molar-refractivity contribution >= 4 is 35.8 Å². The minimum Gasteiger partial charge on any atom is -0.309 e. The fourth-order valence-electron chi connectivity index (χ4n) is 7.32. The maximum absolute atomic E-state index is 14.7. The van der Waals surface area contributed by atoms with Crippen molar-refractivity contribution in [3.8, 4) is 0 Å². The Labute approximate surface area is 264 Å². The zero-order valence-corrected chi connectivity index (χ0v) is 25.4. The van der Waals surface area contributed by atoms with Crippen LogP contribution in [-0.2, 0) is 10.2 Å². The summed E-state index contributed by atoms with van der Waals surface area (Å²) >= 11 is 0. The maximum Gasteiger partial charge on any atom is 0.261 e. The third kappa shape index (κ3) is 5.02. The molecule has 6 nitrogen and oxygen atoms in total. The van der Waals surface area contributed by atoms with Gasteiger partial charge in [-0.05, 0) is 79.7 Å². The molecule has 1 fully saturated rings. The molecule has 3 amide bonds. The Kier molecular flexibility index (Phi) is 8.39. The van der Waals surface area contributed by atoms with Gasteiger partial charge in [0.2, 0.25) is 5.91 Å². The second-order valence-corrected chi connectivity index (χ2v) is 11.8. The second kappa shape index (κ2) is 12.4. The molecule has 1 atom stereocenters. The van der Waals surface area contributed by atoms with Gasteiger partial charge in [0.1, 0.15) is 5.41 Å². The van der Waals surface area contributed by atoms with Gasteiger partial charge in [-0.3, -0.25) is 19.3 Å². The van der Waals surface area contributed by atoms with Gasteiger partial charge in [-0.15, -0.1) is 12.4 Å². The van der Waals surface area contributed by atoms with Crippen LogP contribution in [0.2, 0.25) is 0 Å². The summed E-state index contributed by atoms with van der Waals surface area (Å²) in [6, 6.07) is 35.8. The lowest BCUT2D eigenvalue weighted by Gasteiger charge is -2.36. The van der Waals surface area contributed by atoms with Crippen LogP contribution in [0.15, 0.2) is 109 Å². The van der Waals surface area contributed by atoms with E-state index in [-0.39, 0.29) is 43.2 Å². The molecular weight excluding hydrogens is 570 g/mol. The molecule has 0 N–H and O–H groups in total. The topological polar surface area (TPSA) is 60.9 Å². The third-order valence-electron chi connectivity index (χ3n) is 9.62. The van der Waals surface area contributed by atoms with E-state index in [1.807, 2.05) is 36.4 Å². The second-order valence-electron chi connectivity index (χ2n) is 11.8. The number of hydrogen-bond donors (Lipinski definition) is 0. The first-order chi connectivity index (χ1) is 21.1. The van der Waals surface area contributed by atoms with Gasteiger partial charge in [0.05, 0.1) is 11.1 Å². The largest absolute Gasteiger partial charge is 0.309 e. The lowest BCUT2D eigenvalue weighted by atomic mass is 9.72. The van der Waals surface area contributed by atoms with Crippen molar-refractivity contribution in [1.29, 1.82) is 0 Å². The number of carbonyl (C=O) groups is 3. The number of imide groups is 1. The highest BCUT2D eigenvalue weighted by Gasteiger charge is 2.52. The van der Waals surface area contributed by atoms with Gasteiger partial charge in [-0.1, -0.05) is 91.0 Å². The van der Waals surface area contributed by atoms with E-state index in [4.69, 9.17) is 0 Å². The molecule has 3 heterocycles. The molecule has 0 saturated carbocycles. The van der Waals surface area contributed by atoms with Gasteiger partial charge in [0, 0.05) is 18.8 Å². The highest BCUT2D eigenvalue weighted by atomic mass is 35.5. The van der Waals surface area contributed by atoms with Crippen LogP contribution in [0.4, 0.5) is 5.69 Å². The summed E-state index contributed by atoms with van der Waals surface area (Å²) in [5.74, 6) is -0.00907. The first kappa shape index (κ1) is 29.8. The van der Waals surface area contributed by atoms with Crippen LogP contribution in [0.1, 0.15) is 62.6 Å². The number of fused-ring (bicyclic) bond motifs is 2. The number of halogens is 1. The molecule has 3 aliphatic rings. The Balaban J connectivity index is 0.00000343. The lowest BCUT2D eigenvalue weighted by molar-refractivity contribution is -0.122. The minimum absolute atomic E-state index is 0. The van der Waals surface area contributed by atoms with Crippen molar-refractivity contribution in [2.24, 2.45) is 0 Å². The van der Waals surface area contributed by atoms with E-state index in [0.29, 0.717) is 23.5 Å². The number of amides is 3. The van der Waals surface area contributed by atoms with Crippen LogP contribution < -0.4 is 4.90 Å². The number of carbonyl (C=O) groups excluding carboxylic acids is 3. The molecule has 0 spiro atoms. The number of nitrogens with zero attached hydrogens (tertiary/aromatic N) is 3. The standard InChI is InChI=1S/C37H35N3O3.ClH/c41-34-30-15-7-8-16-31(30)35(42)40(34)26-25-39-33-18-10-9-17-32(33)37(36(39)43,29-13-5-2-6-14-29)21-24-38-22-19-28(20-23-38)27-11-3-1-4-12-27;/h1-18,28H,19-26H2;1H. The Hall–Kier alpha value is -4.26. The number of rotatable bonds is 8. The quantitative estimate of drug-likeness (QED) is 0.221. The van der Waals surface area contributed by atoms with Crippen molar-refractivity contribution < 1.29 is 14.4 Å². The van der Waals surface area contributed by atoms with Crippen LogP contribution in [0, 0.1) is 0 Å². The monoisotopic (exact) mass is 605 g/mol. The fourth-order valence-corrected chi connectivity index (χ4v) is 7.32. The van der Waals surface area contributed by atoms with Crippen LogP contribution in [0.3, 0.4) is 0 Å². The van der Waals surface area contributed by atoms with Gasteiger partial charge >= 0.3 is 0 Å². The van der Waals surface area contributed by atoms with E-state index in [9.17, 15) is 14.4 Å². The minimum atomic E-state index is -0.837. The zero-order valence-electron chi connectivity index (χ0n) is 24.6. The fraction of sp³-hybridized carbons (Fsp3) is 0.270. The third-order valence-corrected chi connectivity index (χ3v) is 9.62. The molecule has 4 aromatic rings. The maximum atomic E-state index is 14.7. The average molecular weight is 606 g/mol. The first-order valence-corrected chi connectivity index (χ1v) is 15.3. The molecule has 7 rings (SSSR count). The molecule has 0 aliphatic carbocycles. The van der Waals surface area contributed by atoms with Crippen molar-refractivity contribution in [3.05, 3.63) is 137 Å². The first-order valence-electron chi connectivity index (χ1n) is 15.3. The van der Waals surface area contributed by atoms with E-state index in [2.05, 4.69) is 53.4 Å². The van der Waals surface area contributed by atoms with Crippen molar-refractivity contribution in [2.45, 2.75) is 30.6 Å². The van der Waals surface area contributed by atoms with Crippen molar-refractivity contribution in [2.75, 3.05) is 37.6 Å². The van der Waals surface area contributed by atoms with E-state index < -0.39 is 5.41 Å². The molecule has 4 aromatic carbocycles. The SMILES string of the molecule is Cl.O=C1c2ccccc2C(=O)N1CCN1C(=O)C(CCN2CCC(c3ccccc3)CC2)(c2ccccc2)c2ccccc21. The smallest absolute Gasteiger partial charge is 0.261 e. The van der Waals surface area contributed by atoms with E-state index in [1.165, 1.54) is 10.5 Å². The Morgan fingerprint density at radius 3 is 1.82 bits per heavy atom. The van der Waals surface area contributed by atoms with Crippen LogP contribution in [0.25, 0.3) is 0 Å². The molecular formula is C37H36ClN3O3. The Morgan fingerprint density at radius 2 is 1.16 bits per heavy atom. The normalized spacial score (nSPS) is 20.0. The van der Waals surface area contributed by atoms with Gasteiger partial charge in [0.15, 0.2) is 0 Å². The molecule has 44 heavy (non-hydrogen) atoms. The lowest BCUT2D eigenvalue weighted by Crippen LogP contribution is -2.47. The predicted molar refractivity (Wildman–Crippen MR) is 175 cm³/mol. The van der Waals surface area contributed by atoms with E-state index in [1.54, 1.807) is 29.2 Å². The summed E-state index contributed by atoms with van der Waals surface area (Å²) in [6.07, 6.45) is 2.88. The van der Waals surface area contributed by atoms with Crippen LogP contribution in [-0.4, -0.2) is 60.2 Å². The molecule has 7 heteroatoms. The predicted octanol–water partition coefficient (Wildman–Crippen LogP) is 6.31. The summed E-state index contributed by atoms with van der Waals surface area (Å²) < 4.78 is 0. The molecule has 224 valence electrons. The van der Waals surface area contributed by atoms with E-state index in [0.717, 1.165) is 49.3 Å². The van der Waals surface area contributed by atoms with Gasteiger partial charge in [0.25, 0.3) is 11.8 Å².